The maximum absolute atomic E-state index is 12.5. The van der Waals surface area contributed by atoms with Crippen molar-refractivity contribution in [1.29, 1.82) is 0 Å². The van der Waals surface area contributed by atoms with Crippen molar-refractivity contribution >= 4 is 68.0 Å². The highest BCUT2D eigenvalue weighted by Crippen LogP contribution is 2.34. The average molecular weight is 572 g/mol. The summed E-state index contributed by atoms with van der Waals surface area (Å²) in [5, 5.41) is 15.4. The number of nitrogens with zero attached hydrogens (tertiary/aromatic N) is 1. The van der Waals surface area contributed by atoms with Gasteiger partial charge in [0.2, 0.25) is 15.9 Å². The molecule has 2 amide bonds. The van der Waals surface area contributed by atoms with Gasteiger partial charge < -0.3 is 15.7 Å². The predicted molar refractivity (Wildman–Crippen MR) is 140 cm³/mol. The second kappa shape index (κ2) is 11.4. The topological polar surface area (TPSA) is 137 Å². The Morgan fingerprint density at radius 3 is 2.19 bits per heavy atom. The fourth-order valence-electron chi connectivity index (χ4n) is 3.12. The molecule has 4 N–H and O–H groups in total. The maximum atomic E-state index is 12.5. The van der Waals surface area contributed by atoms with Crippen LogP contribution in [0.3, 0.4) is 0 Å². The van der Waals surface area contributed by atoms with Gasteiger partial charge in [0.25, 0.3) is 5.91 Å². The molecule has 1 heterocycles. The molecule has 0 saturated heterocycles. The lowest BCUT2D eigenvalue weighted by atomic mass is 10.2. The van der Waals surface area contributed by atoms with E-state index in [9.17, 15) is 23.1 Å². The maximum Gasteiger partial charge on any atom is 0.255 e. The zero-order valence-corrected chi connectivity index (χ0v) is 22.1. The summed E-state index contributed by atoms with van der Waals surface area (Å²) >= 11 is 17.8. The predicted octanol–water partition coefficient (Wildman–Crippen LogP) is 5.00. The highest BCUT2D eigenvalue weighted by molar-refractivity contribution is 7.89. The normalized spacial score (nSPS) is 12.1. The number of amides is 2. The molecule has 0 bridgehead atoms. The highest BCUT2D eigenvalue weighted by atomic mass is 35.5. The Hall–Kier alpha value is -2.89. The van der Waals surface area contributed by atoms with Gasteiger partial charge in [-0.1, -0.05) is 52.5 Å². The summed E-state index contributed by atoms with van der Waals surface area (Å²) in [6.45, 7) is 3.38. The van der Waals surface area contributed by atoms with E-state index in [4.69, 9.17) is 34.8 Å². The summed E-state index contributed by atoms with van der Waals surface area (Å²) in [5.41, 5.74) is 1.07. The first-order chi connectivity index (χ1) is 16.8. The molecule has 1 atom stereocenters. The van der Waals surface area contributed by atoms with Gasteiger partial charge in [0.1, 0.15) is 16.1 Å². The fraction of sp³-hybridized carbons (Fsp3) is 0.174. The first-order valence-corrected chi connectivity index (χ1v) is 13.0. The molecular formula is C23H21Cl3N4O5S. The van der Waals surface area contributed by atoms with Crippen molar-refractivity contribution in [3.8, 4) is 5.75 Å². The number of aryl methyl sites for hydroxylation is 1. The van der Waals surface area contributed by atoms with E-state index in [-0.39, 0.29) is 49.3 Å². The summed E-state index contributed by atoms with van der Waals surface area (Å²) in [4.78, 5) is 28.8. The fourth-order valence-corrected chi connectivity index (χ4v) is 5.03. The van der Waals surface area contributed by atoms with Crippen molar-refractivity contribution in [2.24, 2.45) is 0 Å². The molecular weight excluding hydrogens is 551 g/mol. The molecule has 0 aliphatic heterocycles. The number of carbonyl (C=O) groups excluding carboxylic acids is 2. The second-order valence-corrected chi connectivity index (χ2v) is 10.8. The third kappa shape index (κ3) is 7.31. The van der Waals surface area contributed by atoms with Crippen molar-refractivity contribution in [2.75, 3.05) is 10.6 Å². The van der Waals surface area contributed by atoms with Gasteiger partial charge in [-0.05, 0) is 44.2 Å². The number of anilines is 2. The van der Waals surface area contributed by atoms with Crippen molar-refractivity contribution in [2.45, 2.75) is 31.2 Å². The lowest BCUT2D eigenvalue weighted by molar-refractivity contribution is -0.116. The zero-order valence-electron chi connectivity index (χ0n) is 19.0. The molecule has 0 radical (unpaired) electrons. The van der Waals surface area contributed by atoms with Gasteiger partial charge in [0.05, 0.1) is 21.3 Å². The number of rotatable bonds is 8. The SMILES string of the molecule is Cc1ccc(S(=O)(=O)NC(C)CC(=O)Nc2cc(O)c(NC(=O)c3cc(Cl)nc(Cl)c3)cc2Cl)cc1. The Balaban J connectivity index is 1.64. The quantitative estimate of drug-likeness (QED) is 0.222. The van der Waals surface area contributed by atoms with Gasteiger partial charge in [-0.25, -0.2) is 18.1 Å². The van der Waals surface area contributed by atoms with E-state index in [1.165, 1.54) is 30.3 Å². The minimum Gasteiger partial charge on any atom is -0.506 e. The van der Waals surface area contributed by atoms with Crippen molar-refractivity contribution < 1.29 is 23.1 Å². The number of pyridine rings is 1. The van der Waals surface area contributed by atoms with Gasteiger partial charge in [-0.2, -0.15) is 0 Å². The Labute approximate surface area is 222 Å². The molecule has 190 valence electrons. The number of benzene rings is 2. The number of hydrogen-bond donors (Lipinski definition) is 4. The number of sulfonamides is 1. The standard InChI is InChI=1S/C23H21Cl3N4O5S/c1-12-3-5-15(6-4-12)36(34,35)30-13(2)7-22(32)27-17-11-19(31)18(10-16(17)24)28-23(33)14-8-20(25)29-21(26)9-14/h3-6,8-11,13,30-31H,7H2,1-2H3,(H,27,32)(H,28,33). The molecule has 1 aromatic heterocycles. The van der Waals surface area contributed by atoms with E-state index in [0.29, 0.717) is 0 Å². The molecule has 9 nitrogen and oxygen atoms in total. The number of halogens is 3. The van der Waals surface area contributed by atoms with Crippen LogP contribution in [0.4, 0.5) is 11.4 Å². The monoisotopic (exact) mass is 570 g/mol. The third-order valence-electron chi connectivity index (χ3n) is 4.81. The van der Waals surface area contributed by atoms with Crippen LogP contribution in [0, 0.1) is 6.92 Å². The lowest BCUT2D eigenvalue weighted by Crippen LogP contribution is -2.35. The van der Waals surface area contributed by atoms with Crippen LogP contribution in [0.2, 0.25) is 15.3 Å². The second-order valence-electron chi connectivity index (χ2n) is 7.89. The van der Waals surface area contributed by atoms with E-state index in [1.54, 1.807) is 19.1 Å². The van der Waals surface area contributed by atoms with Crippen LogP contribution in [-0.2, 0) is 14.8 Å². The van der Waals surface area contributed by atoms with E-state index >= 15 is 0 Å². The minimum absolute atomic E-state index is 0.0170. The number of phenolic OH excluding ortho intramolecular Hbond substituents is 1. The molecule has 13 heteroatoms. The minimum atomic E-state index is -3.81. The molecule has 2 aromatic carbocycles. The van der Waals surface area contributed by atoms with E-state index in [0.717, 1.165) is 11.6 Å². The number of aromatic nitrogens is 1. The molecule has 0 saturated carbocycles. The van der Waals surface area contributed by atoms with Crippen LogP contribution < -0.4 is 15.4 Å². The highest BCUT2D eigenvalue weighted by Gasteiger charge is 2.20. The smallest absolute Gasteiger partial charge is 0.255 e. The largest absolute Gasteiger partial charge is 0.506 e. The number of carbonyl (C=O) groups is 2. The molecule has 0 fully saturated rings. The van der Waals surface area contributed by atoms with Gasteiger partial charge >= 0.3 is 0 Å². The Bertz CT molecular complexity index is 1400. The van der Waals surface area contributed by atoms with E-state index in [2.05, 4.69) is 20.3 Å². The summed E-state index contributed by atoms with van der Waals surface area (Å²) in [7, 11) is -3.81. The van der Waals surface area contributed by atoms with Crippen LogP contribution in [0.25, 0.3) is 0 Å². The first kappa shape index (κ1) is 27.7. The molecule has 0 aliphatic carbocycles. The molecule has 3 rings (SSSR count). The van der Waals surface area contributed by atoms with Gasteiger partial charge in [-0.15, -0.1) is 0 Å². The molecule has 0 aliphatic rings. The van der Waals surface area contributed by atoms with Crippen LogP contribution in [-0.4, -0.2) is 36.4 Å². The molecule has 0 spiro atoms. The summed E-state index contributed by atoms with van der Waals surface area (Å²) < 4.78 is 27.5. The Morgan fingerprint density at radius 1 is 0.972 bits per heavy atom. The molecule has 1 unspecified atom stereocenters. The zero-order chi connectivity index (χ0) is 26.6. The van der Waals surface area contributed by atoms with Crippen molar-refractivity contribution in [3.63, 3.8) is 0 Å². The van der Waals surface area contributed by atoms with Gasteiger partial charge in [0.15, 0.2) is 0 Å². The number of phenols is 1. The number of aromatic hydroxyl groups is 1. The van der Waals surface area contributed by atoms with E-state index < -0.39 is 27.9 Å². The van der Waals surface area contributed by atoms with Gasteiger partial charge in [0, 0.05) is 24.1 Å². The number of hydrogen-bond acceptors (Lipinski definition) is 6. The summed E-state index contributed by atoms with van der Waals surface area (Å²) in [6, 6.07) is 10.6. The molecule has 36 heavy (non-hydrogen) atoms. The third-order valence-corrected chi connectivity index (χ3v) is 7.12. The Kier molecular flexibility index (Phi) is 8.80. The summed E-state index contributed by atoms with van der Waals surface area (Å²) in [6.07, 6.45) is -0.204. The Morgan fingerprint density at radius 2 is 1.58 bits per heavy atom. The van der Waals surface area contributed by atoms with Gasteiger partial charge in [-0.3, -0.25) is 9.59 Å². The molecule has 3 aromatic rings. The van der Waals surface area contributed by atoms with Crippen LogP contribution >= 0.6 is 34.8 Å². The van der Waals surface area contributed by atoms with Crippen LogP contribution in [0.1, 0.15) is 29.3 Å². The van der Waals surface area contributed by atoms with Crippen LogP contribution in [0.5, 0.6) is 5.75 Å². The lowest BCUT2D eigenvalue weighted by Gasteiger charge is -2.16. The van der Waals surface area contributed by atoms with Crippen molar-refractivity contribution in [1.82, 2.24) is 9.71 Å². The summed E-state index contributed by atoms with van der Waals surface area (Å²) in [5.74, 6) is -1.55. The number of nitrogens with one attached hydrogen (secondary N) is 3. The van der Waals surface area contributed by atoms with Crippen molar-refractivity contribution in [3.05, 3.63) is 75.0 Å². The van der Waals surface area contributed by atoms with Crippen LogP contribution in [0.15, 0.2) is 53.4 Å². The first-order valence-electron chi connectivity index (χ1n) is 10.4. The average Bonchev–Trinajstić information content (AvgIpc) is 2.76. The van der Waals surface area contributed by atoms with E-state index in [1.807, 2.05) is 6.92 Å².